The lowest BCUT2D eigenvalue weighted by Gasteiger charge is -2.46. The molecule has 2 fully saturated rings. The van der Waals surface area contributed by atoms with Crippen LogP contribution in [0.15, 0.2) is 24.3 Å². The van der Waals surface area contributed by atoms with Crippen LogP contribution in [0.4, 0.5) is 0 Å². The van der Waals surface area contributed by atoms with Crippen LogP contribution in [0.1, 0.15) is 56.1 Å². The first kappa shape index (κ1) is 15.2. The number of hydrogen-bond acceptors (Lipinski definition) is 2. The van der Waals surface area contributed by atoms with Crippen molar-refractivity contribution >= 4 is 5.91 Å². The molecule has 0 aromatic heterocycles. The van der Waals surface area contributed by atoms with Gasteiger partial charge in [0, 0.05) is 19.5 Å². The van der Waals surface area contributed by atoms with Gasteiger partial charge in [0.15, 0.2) is 0 Å². The largest absolute Gasteiger partial charge is 0.350 e. The average molecular weight is 312 g/mol. The third-order valence-corrected chi connectivity index (χ3v) is 6.29. The van der Waals surface area contributed by atoms with Gasteiger partial charge in [-0.05, 0) is 55.7 Å². The number of rotatable bonds is 2. The molecule has 1 unspecified atom stereocenters. The van der Waals surface area contributed by atoms with Gasteiger partial charge >= 0.3 is 0 Å². The van der Waals surface area contributed by atoms with Crippen LogP contribution >= 0.6 is 0 Å². The Morgan fingerprint density at radius 3 is 2.70 bits per heavy atom. The molecule has 0 bridgehead atoms. The molecule has 3 heteroatoms. The molecule has 1 saturated carbocycles. The van der Waals surface area contributed by atoms with Gasteiger partial charge in [0.05, 0.1) is 0 Å². The Balaban J connectivity index is 1.65. The first-order valence-electron chi connectivity index (χ1n) is 9.38. The van der Waals surface area contributed by atoms with Gasteiger partial charge < -0.3 is 5.32 Å². The van der Waals surface area contributed by atoms with Crippen LogP contribution in [0.5, 0.6) is 0 Å². The second-order valence-electron chi connectivity index (χ2n) is 7.71. The summed E-state index contributed by atoms with van der Waals surface area (Å²) >= 11 is 0. The van der Waals surface area contributed by atoms with Crippen molar-refractivity contribution in [2.45, 2.75) is 63.5 Å². The number of nitrogens with one attached hydrogen (secondary N) is 1. The molecule has 0 radical (unpaired) electrons. The highest BCUT2D eigenvalue weighted by Crippen LogP contribution is 2.37. The number of fused-ring (bicyclic) bond motifs is 1. The molecule has 1 N–H and O–H groups in total. The van der Waals surface area contributed by atoms with Crippen LogP contribution in [-0.2, 0) is 17.8 Å². The molecule has 124 valence electrons. The predicted octanol–water partition coefficient (Wildman–Crippen LogP) is 3.27. The van der Waals surface area contributed by atoms with E-state index in [2.05, 4.69) is 34.5 Å². The zero-order valence-electron chi connectivity index (χ0n) is 14.0. The maximum absolute atomic E-state index is 13.1. The minimum atomic E-state index is -0.298. The lowest BCUT2D eigenvalue weighted by Crippen LogP contribution is -2.62. The number of likely N-dealkylation sites (tertiary alicyclic amines) is 1. The van der Waals surface area contributed by atoms with Crippen molar-refractivity contribution in [2.24, 2.45) is 5.92 Å². The van der Waals surface area contributed by atoms with Crippen molar-refractivity contribution in [2.75, 3.05) is 13.1 Å². The topological polar surface area (TPSA) is 32.3 Å². The molecule has 1 aliphatic carbocycles. The SMILES string of the molecule is O=C1NCc2ccccc2CC12CCCCN2CC1CCCC1. The monoisotopic (exact) mass is 312 g/mol. The number of amides is 1. The van der Waals surface area contributed by atoms with E-state index >= 15 is 0 Å². The Morgan fingerprint density at radius 2 is 1.87 bits per heavy atom. The van der Waals surface area contributed by atoms with Crippen LogP contribution in [-0.4, -0.2) is 29.4 Å². The molecule has 23 heavy (non-hydrogen) atoms. The Bertz CT molecular complexity index is 579. The fourth-order valence-electron chi connectivity index (χ4n) is 4.96. The van der Waals surface area contributed by atoms with Crippen LogP contribution < -0.4 is 5.32 Å². The average Bonchev–Trinajstić information content (AvgIpc) is 3.04. The summed E-state index contributed by atoms with van der Waals surface area (Å²) in [6, 6.07) is 8.59. The van der Waals surface area contributed by atoms with Crippen molar-refractivity contribution in [3.05, 3.63) is 35.4 Å². The highest BCUT2D eigenvalue weighted by atomic mass is 16.2. The Kier molecular flexibility index (Phi) is 4.14. The number of benzene rings is 1. The van der Waals surface area contributed by atoms with Gasteiger partial charge in [0.2, 0.25) is 5.91 Å². The second kappa shape index (κ2) is 6.27. The first-order valence-corrected chi connectivity index (χ1v) is 9.38. The molecule has 1 amide bonds. The Hall–Kier alpha value is -1.35. The molecule has 1 spiro atoms. The van der Waals surface area contributed by atoms with E-state index in [-0.39, 0.29) is 11.4 Å². The molecule has 4 rings (SSSR count). The molecule has 2 heterocycles. The van der Waals surface area contributed by atoms with Gasteiger partial charge in [0.25, 0.3) is 0 Å². The van der Waals surface area contributed by atoms with Gasteiger partial charge in [-0.1, -0.05) is 37.1 Å². The van der Waals surface area contributed by atoms with Gasteiger partial charge in [-0.15, -0.1) is 0 Å². The zero-order valence-corrected chi connectivity index (χ0v) is 14.0. The Morgan fingerprint density at radius 1 is 1.09 bits per heavy atom. The molecular weight excluding hydrogens is 284 g/mol. The number of carbonyl (C=O) groups is 1. The van der Waals surface area contributed by atoms with Crippen LogP contribution in [0.3, 0.4) is 0 Å². The molecule has 3 aliphatic rings. The van der Waals surface area contributed by atoms with E-state index in [1.165, 1.54) is 49.7 Å². The van der Waals surface area contributed by atoms with Crippen molar-refractivity contribution in [1.82, 2.24) is 10.2 Å². The summed E-state index contributed by atoms with van der Waals surface area (Å²) in [5.41, 5.74) is 2.36. The van der Waals surface area contributed by atoms with Crippen molar-refractivity contribution < 1.29 is 4.79 Å². The van der Waals surface area contributed by atoms with E-state index in [1.807, 2.05) is 0 Å². The van der Waals surface area contributed by atoms with Gasteiger partial charge in [-0.3, -0.25) is 9.69 Å². The molecule has 1 atom stereocenters. The third-order valence-electron chi connectivity index (χ3n) is 6.29. The fraction of sp³-hybridized carbons (Fsp3) is 0.650. The molecule has 1 aromatic carbocycles. The highest BCUT2D eigenvalue weighted by Gasteiger charge is 2.47. The highest BCUT2D eigenvalue weighted by molar-refractivity contribution is 5.87. The summed E-state index contributed by atoms with van der Waals surface area (Å²) < 4.78 is 0. The quantitative estimate of drug-likeness (QED) is 0.909. The van der Waals surface area contributed by atoms with Gasteiger partial charge in [-0.25, -0.2) is 0 Å². The number of carbonyl (C=O) groups excluding carboxylic acids is 1. The molecule has 2 aliphatic heterocycles. The summed E-state index contributed by atoms with van der Waals surface area (Å²) in [6.07, 6.45) is 9.78. The van der Waals surface area contributed by atoms with Crippen LogP contribution in [0.2, 0.25) is 0 Å². The normalized spacial score (nSPS) is 29.3. The number of hydrogen-bond donors (Lipinski definition) is 1. The van der Waals surface area contributed by atoms with E-state index in [0.717, 1.165) is 31.8 Å². The number of nitrogens with zero attached hydrogens (tertiary/aromatic N) is 1. The smallest absolute Gasteiger partial charge is 0.241 e. The first-order chi connectivity index (χ1) is 11.3. The van der Waals surface area contributed by atoms with Crippen molar-refractivity contribution in [3.8, 4) is 0 Å². The third kappa shape index (κ3) is 2.80. The van der Waals surface area contributed by atoms with Crippen LogP contribution in [0.25, 0.3) is 0 Å². The minimum Gasteiger partial charge on any atom is -0.350 e. The van der Waals surface area contributed by atoms with Gasteiger partial charge in [0.1, 0.15) is 5.54 Å². The van der Waals surface area contributed by atoms with E-state index < -0.39 is 0 Å². The lowest BCUT2D eigenvalue weighted by molar-refractivity contribution is -0.136. The molecular formula is C20H28N2O. The minimum absolute atomic E-state index is 0.270. The summed E-state index contributed by atoms with van der Waals surface area (Å²) in [5, 5.41) is 3.24. The van der Waals surface area contributed by atoms with Crippen molar-refractivity contribution in [3.63, 3.8) is 0 Å². The lowest BCUT2D eigenvalue weighted by atomic mass is 9.79. The van der Waals surface area contributed by atoms with Crippen molar-refractivity contribution in [1.29, 1.82) is 0 Å². The Labute approximate surface area is 139 Å². The molecule has 1 aromatic rings. The van der Waals surface area contributed by atoms with E-state index in [1.54, 1.807) is 0 Å². The fourth-order valence-corrected chi connectivity index (χ4v) is 4.96. The van der Waals surface area contributed by atoms with E-state index in [9.17, 15) is 4.79 Å². The maximum atomic E-state index is 13.1. The maximum Gasteiger partial charge on any atom is 0.241 e. The molecule has 3 nitrogen and oxygen atoms in total. The second-order valence-corrected chi connectivity index (χ2v) is 7.71. The summed E-state index contributed by atoms with van der Waals surface area (Å²) in [7, 11) is 0. The molecule has 1 saturated heterocycles. The summed E-state index contributed by atoms with van der Waals surface area (Å²) in [6.45, 7) is 2.90. The number of piperidine rings is 1. The summed E-state index contributed by atoms with van der Waals surface area (Å²) in [5.74, 6) is 1.07. The zero-order chi connectivity index (χ0) is 15.7. The predicted molar refractivity (Wildman–Crippen MR) is 92.1 cm³/mol. The standard InChI is InChI=1S/C20H28N2O/c23-19-20(13-17-9-3-4-10-18(17)14-21-19)11-5-6-12-22(20)15-16-7-1-2-8-16/h3-4,9-10,16H,1-2,5-8,11-15H2,(H,21,23). The van der Waals surface area contributed by atoms with E-state index in [0.29, 0.717) is 6.54 Å². The van der Waals surface area contributed by atoms with E-state index in [4.69, 9.17) is 0 Å². The van der Waals surface area contributed by atoms with Crippen LogP contribution in [0, 0.1) is 5.92 Å². The summed E-state index contributed by atoms with van der Waals surface area (Å²) in [4.78, 5) is 15.7. The van der Waals surface area contributed by atoms with Gasteiger partial charge in [-0.2, -0.15) is 0 Å².